The zero-order valence-electron chi connectivity index (χ0n) is 32.2. The predicted molar refractivity (Wildman–Crippen MR) is 265 cm³/mol. The Hall–Kier alpha value is -5.18. The summed E-state index contributed by atoms with van der Waals surface area (Å²) in [6.45, 7) is 20.3. The van der Waals surface area contributed by atoms with Crippen LogP contribution in [0.3, 0.4) is 0 Å². The second-order valence-corrected chi connectivity index (χ2v) is 13.9. The zero-order valence-corrected chi connectivity index (χ0v) is 35.0. The third-order valence-electron chi connectivity index (χ3n) is 9.20. The maximum Gasteiger partial charge on any atom is 0.333 e. The number of esters is 4. The third kappa shape index (κ3) is 19.3. The van der Waals surface area contributed by atoms with Crippen molar-refractivity contribution in [3.8, 4) is 22.3 Å². The molecule has 2 heterocycles. The van der Waals surface area contributed by atoms with E-state index >= 15 is 0 Å². The summed E-state index contributed by atoms with van der Waals surface area (Å²) in [6, 6.07) is 31.2. The molecule has 2 aliphatic heterocycles. The summed E-state index contributed by atoms with van der Waals surface area (Å²) in [5, 5.41) is 0. The third-order valence-corrected chi connectivity index (χ3v) is 9.20. The Bertz CT molecular complexity index is 2030. The molecule has 0 spiro atoms. The number of hydrogen-bond donors (Lipinski definition) is 0. The second-order valence-electron chi connectivity index (χ2n) is 13.9. The molecule has 349 valence electrons. The summed E-state index contributed by atoms with van der Waals surface area (Å²) < 4.78 is 20.9. The fourth-order valence-electron chi connectivity index (χ4n) is 6.00. The smallest absolute Gasteiger partial charge is 0.333 e. The van der Waals surface area contributed by atoms with Crippen LogP contribution in [0.5, 0.6) is 0 Å². The predicted octanol–water partition coefficient (Wildman–Crippen LogP) is 14.0. The Morgan fingerprint density at radius 2 is 1.03 bits per heavy atom. The van der Waals surface area contributed by atoms with Gasteiger partial charge in [-0.15, -0.1) is 11.1 Å². The number of carbonyl (C=O) groups is 4. The van der Waals surface area contributed by atoms with E-state index in [1.807, 2.05) is 42.5 Å². The van der Waals surface area contributed by atoms with Crippen molar-refractivity contribution in [2.75, 3.05) is 0 Å². The van der Waals surface area contributed by atoms with E-state index in [0.717, 1.165) is 38.9 Å². The monoisotopic (exact) mass is 954 g/mol. The minimum atomic E-state index is -0.412. The van der Waals surface area contributed by atoms with Gasteiger partial charge in [0.1, 0.15) is 18.8 Å². The fourth-order valence-corrected chi connectivity index (χ4v) is 6.00. The molecule has 2 unspecified atom stereocenters. The van der Waals surface area contributed by atoms with Crippen molar-refractivity contribution in [2.24, 2.45) is 0 Å². The van der Waals surface area contributed by atoms with Crippen LogP contribution in [0, 0.1) is 13.0 Å². The number of hydrogen-bond acceptors (Lipinski definition) is 8. The number of aryl methyl sites for hydroxylation is 1. The van der Waals surface area contributed by atoms with Gasteiger partial charge in [-0.1, -0.05) is 158 Å². The molecule has 0 amide bonds. The molecule has 4 aromatic rings. The molecular formula is C55H77O8Y-. The Kier molecular flexibility index (Phi) is 33.6. The van der Waals surface area contributed by atoms with Gasteiger partial charge in [0, 0.05) is 80.7 Å². The van der Waals surface area contributed by atoms with E-state index in [1.54, 1.807) is 13.8 Å². The van der Waals surface area contributed by atoms with E-state index in [0.29, 0.717) is 48.0 Å². The van der Waals surface area contributed by atoms with Crippen LogP contribution in [-0.2, 0) is 96.9 Å². The largest absolute Gasteiger partial charge is 0.460 e. The summed E-state index contributed by atoms with van der Waals surface area (Å²) in [5.74, 6) is -1.36. The van der Waals surface area contributed by atoms with Crippen molar-refractivity contribution in [2.45, 2.75) is 131 Å². The number of carbonyl (C=O) groups excluding carboxylic acids is 4. The second kappa shape index (κ2) is 31.6. The van der Waals surface area contributed by atoms with Crippen LogP contribution in [0.15, 0.2) is 134 Å². The average Bonchev–Trinajstić information content (AvgIpc) is 3.67. The van der Waals surface area contributed by atoms with Crippen molar-refractivity contribution in [3.05, 3.63) is 167 Å². The molecule has 64 heavy (non-hydrogen) atoms. The normalized spacial score (nSPS) is 13.8. The minimum Gasteiger partial charge on any atom is -0.460 e. The molecule has 0 aliphatic carbocycles. The topological polar surface area (TPSA) is 105 Å². The first-order chi connectivity index (χ1) is 26.2. The Labute approximate surface area is 413 Å². The molecule has 0 N–H and O–H groups in total. The van der Waals surface area contributed by atoms with E-state index in [2.05, 4.69) is 81.8 Å². The summed E-state index contributed by atoms with van der Waals surface area (Å²) in [4.78, 5) is 45.8. The molecule has 9 heteroatoms. The summed E-state index contributed by atoms with van der Waals surface area (Å²) in [6.07, 6.45) is 2.40. The van der Waals surface area contributed by atoms with Gasteiger partial charge in [0.15, 0.2) is 0 Å². The SMILES string of the molecule is C.C.C.C.C.C.C.C.C=C(C)C(=O)OCc1[c-]cc(-c2ccc(COC(=O)C(=C)C)cc2)cc1.C=C1CC(Cc2ccc(-c3ccc(CC4CC(=C)C(=O)O4)c(C)c3)cc2)OC1=O.[Y]. The Balaban J connectivity index is -0.000000320. The van der Waals surface area contributed by atoms with Crippen LogP contribution in [-0.4, -0.2) is 36.1 Å². The van der Waals surface area contributed by atoms with E-state index < -0.39 is 11.9 Å². The molecule has 6 rings (SSSR count). The van der Waals surface area contributed by atoms with E-state index in [1.165, 1.54) is 11.1 Å². The van der Waals surface area contributed by atoms with Gasteiger partial charge in [0.2, 0.25) is 0 Å². The molecule has 0 bridgehead atoms. The molecule has 1 radical (unpaired) electrons. The minimum absolute atomic E-state index is 0. The van der Waals surface area contributed by atoms with Gasteiger partial charge in [0.25, 0.3) is 0 Å². The molecule has 2 fully saturated rings. The number of cyclic esters (lactones) is 2. The van der Waals surface area contributed by atoms with Crippen LogP contribution in [0.25, 0.3) is 22.3 Å². The number of ether oxygens (including phenoxy) is 4. The number of benzene rings is 4. The molecule has 0 saturated carbocycles. The van der Waals surface area contributed by atoms with Gasteiger partial charge in [-0.25, -0.2) is 19.2 Å². The van der Waals surface area contributed by atoms with Crippen molar-refractivity contribution in [3.63, 3.8) is 0 Å². The van der Waals surface area contributed by atoms with Crippen molar-refractivity contribution < 1.29 is 70.8 Å². The quantitative estimate of drug-likeness (QED) is 0.0598. The molecular weight excluding hydrogens is 878 g/mol. The van der Waals surface area contributed by atoms with E-state index in [-0.39, 0.29) is 129 Å². The zero-order chi connectivity index (χ0) is 39.6. The Morgan fingerprint density at radius 1 is 0.609 bits per heavy atom. The molecule has 8 nitrogen and oxygen atoms in total. The summed E-state index contributed by atoms with van der Waals surface area (Å²) in [5.41, 5.74) is 11.3. The van der Waals surface area contributed by atoms with Gasteiger partial charge in [0.05, 0.1) is 6.61 Å². The standard InChI is InChI=1S/C25H24O4.C22H21O4.8CH4.Y/c1-15-10-21(9-8-20(15)14-23-12-17(3)25(27)29-23)19-6-4-18(5-7-19)13-22-11-16(2)24(26)28-22;1-15(2)21(23)25-13-17-5-9-19(10-6-17)20-11-7-18(8-12-20)14-26-22(24)16(3)4;;;;;;;;;/h4-10,22-23H,2-3,11-14H2,1H3;5-7,9-12H,1,3,13-14H2,2,4H3;8*1H4;/q;-1;;;;;;;;;. The van der Waals surface area contributed by atoms with Crippen molar-refractivity contribution in [1.29, 1.82) is 0 Å². The van der Waals surface area contributed by atoms with Gasteiger partial charge in [-0.05, 0) is 54.2 Å². The van der Waals surface area contributed by atoms with Gasteiger partial charge < -0.3 is 18.9 Å². The number of rotatable bonds is 12. The molecule has 2 saturated heterocycles. The van der Waals surface area contributed by atoms with E-state index in [4.69, 9.17) is 18.9 Å². The van der Waals surface area contributed by atoms with Crippen LogP contribution < -0.4 is 0 Å². The molecule has 4 aromatic carbocycles. The van der Waals surface area contributed by atoms with Crippen LogP contribution in [0.1, 0.15) is 114 Å². The maximum atomic E-state index is 11.5. The van der Waals surface area contributed by atoms with Crippen molar-refractivity contribution in [1.82, 2.24) is 0 Å². The van der Waals surface area contributed by atoms with Gasteiger partial charge in [-0.2, -0.15) is 24.3 Å². The molecule has 0 aromatic heterocycles. The molecule has 2 aliphatic rings. The Morgan fingerprint density at radius 3 is 1.45 bits per heavy atom. The summed E-state index contributed by atoms with van der Waals surface area (Å²) >= 11 is 0. The maximum absolute atomic E-state index is 11.5. The summed E-state index contributed by atoms with van der Waals surface area (Å²) in [7, 11) is 0. The van der Waals surface area contributed by atoms with Crippen LogP contribution >= 0.6 is 0 Å². The van der Waals surface area contributed by atoms with Crippen LogP contribution in [0.4, 0.5) is 0 Å². The molecule has 2 atom stereocenters. The fraction of sp³-hybridized carbons (Fsp3) is 0.345. The van der Waals surface area contributed by atoms with Gasteiger partial charge >= 0.3 is 23.9 Å². The van der Waals surface area contributed by atoms with Gasteiger partial charge in [-0.3, -0.25) is 0 Å². The van der Waals surface area contributed by atoms with Crippen molar-refractivity contribution >= 4 is 23.9 Å². The average molecular weight is 955 g/mol. The first kappa shape index (κ1) is 67.9. The van der Waals surface area contributed by atoms with E-state index in [9.17, 15) is 19.2 Å². The first-order valence-electron chi connectivity index (χ1n) is 18.0. The van der Waals surface area contributed by atoms with Crippen LogP contribution in [0.2, 0.25) is 0 Å². The first-order valence-corrected chi connectivity index (χ1v) is 18.0.